The van der Waals surface area contributed by atoms with Gasteiger partial charge in [-0.15, -0.1) is 0 Å². The number of fused-ring (bicyclic) bond motifs is 1. The van der Waals surface area contributed by atoms with E-state index in [1.807, 2.05) is 24.3 Å². The highest BCUT2D eigenvalue weighted by atomic mass is 19.4. The van der Waals surface area contributed by atoms with E-state index >= 15 is 0 Å². The topological polar surface area (TPSA) is 84.7 Å². The van der Waals surface area contributed by atoms with Gasteiger partial charge in [0.2, 0.25) is 5.88 Å². The first-order chi connectivity index (χ1) is 14.2. The number of pyridine rings is 2. The minimum absolute atomic E-state index is 0.343. The van der Waals surface area contributed by atoms with Crippen molar-refractivity contribution in [1.82, 2.24) is 9.97 Å². The average molecular weight is 420 g/mol. The molecule has 0 radical (unpaired) electrons. The molecule has 30 heavy (non-hydrogen) atoms. The molecule has 0 bridgehead atoms. The number of ether oxygens (including phenoxy) is 2. The van der Waals surface area contributed by atoms with Crippen LogP contribution in [-0.2, 0) is 10.9 Å². The Morgan fingerprint density at radius 1 is 0.933 bits per heavy atom. The number of para-hydroxylation sites is 1. The van der Waals surface area contributed by atoms with Gasteiger partial charge in [0.25, 0.3) is 0 Å². The Kier molecular flexibility index (Phi) is 5.35. The van der Waals surface area contributed by atoms with E-state index in [0.29, 0.717) is 11.2 Å². The Balaban J connectivity index is 1.70. The van der Waals surface area contributed by atoms with Crippen LogP contribution in [0, 0.1) is 0 Å². The largest absolute Gasteiger partial charge is 0.468 e. The highest BCUT2D eigenvalue weighted by Crippen LogP contribution is 2.35. The number of alkyl halides is 3. The summed E-state index contributed by atoms with van der Waals surface area (Å²) in [5, 5.41) is 21.7. The van der Waals surface area contributed by atoms with Crippen molar-refractivity contribution in [2.24, 2.45) is 0 Å². The zero-order valence-corrected chi connectivity index (χ0v) is 15.8. The summed E-state index contributed by atoms with van der Waals surface area (Å²) < 4.78 is 50.4. The minimum atomic E-state index is -4.64. The number of benzene rings is 1. The molecule has 1 aromatic carbocycles. The Morgan fingerprint density at radius 2 is 1.70 bits per heavy atom. The fraction of sp³-hybridized carbons (Fsp3) is 0.333. The molecule has 0 amide bonds. The average Bonchev–Trinajstić information content (AvgIpc) is 2.73. The van der Waals surface area contributed by atoms with E-state index in [2.05, 4.69) is 9.97 Å². The van der Waals surface area contributed by atoms with Gasteiger partial charge in [-0.2, -0.15) is 13.2 Å². The number of aliphatic hydroxyl groups excluding tert-OH is 2. The maximum Gasteiger partial charge on any atom is 0.433 e. The lowest BCUT2D eigenvalue weighted by Crippen LogP contribution is -2.55. The molecule has 1 aliphatic heterocycles. The van der Waals surface area contributed by atoms with Gasteiger partial charge in [0, 0.05) is 11.5 Å². The van der Waals surface area contributed by atoms with Crippen molar-refractivity contribution in [1.29, 1.82) is 0 Å². The van der Waals surface area contributed by atoms with Crippen LogP contribution in [0.25, 0.3) is 10.9 Å². The van der Waals surface area contributed by atoms with E-state index in [9.17, 15) is 23.4 Å². The zero-order chi connectivity index (χ0) is 21.5. The third kappa shape index (κ3) is 3.96. The molecule has 158 valence electrons. The molecular weight excluding hydrogens is 401 g/mol. The summed E-state index contributed by atoms with van der Waals surface area (Å²) in [5.41, 5.74) is -0.0215. The lowest BCUT2D eigenvalue weighted by atomic mass is 9.93. The summed E-state index contributed by atoms with van der Waals surface area (Å²) in [5.74, 6) is -0.343. The maximum atomic E-state index is 13.0. The Hall–Kier alpha value is -2.75. The lowest BCUT2D eigenvalue weighted by molar-refractivity contribution is -0.214. The fourth-order valence-electron chi connectivity index (χ4n) is 3.43. The molecule has 6 nitrogen and oxygen atoms in total. The normalized spacial score (nSPS) is 27.2. The third-order valence-corrected chi connectivity index (χ3v) is 5.01. The standard InChI is InChI=1S/C21H19F3N2O4/c1-11-17(27)18(28)20(30-16-8-4-7-15(26-16)21(22,23)24)19(29-11)14-10-9-12-5-2-3-6-13(12)25-14/h2-11,17-20,27-28H,1H3/t11-,17+,18+,19-,20-/m1/s1. The summed E-state index contributed by atoms with van der Waals surface area (Å²) in [6, 6.07) is 14.1. The molecular formula is C21H19F3N2O4. The van der Waals surface area contributed by atoms with Crippen LogP contribution in [0.4, 0.5) is 13.2 Å². The van der Waals surface area contributed by atoms with Crippen molar-refractivity contribution < 1.29 is 32.9 Å². The molecule has 4 rings (SSSR count). The van der Waals surface area contributed by atoms with Gasteiger partial charge in [-0.3, -0.25) is 0 Å². The number of aliphatic hydroxyl groups is 2. The molecule has 3 heterocycles. The number of rotatable bonds is 3. The Bertz CT molecular complexity index is 1050. The maximum absolute atomic E-state index is 13.0. The van der Waals surface area contributed by atoms with Crippen LogP contribution in [0.5, 0.6) is 5.88 Å². The Morgan fingerprint density at radius 3 is 2.47 bits per heavy atom. The highest BCUT2D eigenvalue weighted by molar-refractivity contribution is 5.78. The van der Waals surface area contributed by atoms with Crippen molar-refractivity contribution >= 4 is 10.9 Å². The van der Waals surface area contributed by atoms with Crippen molar-refractivity contribution in [2.45, 2.75) is 43.6 Å². The predicted molar refractivity (Wildman–Crippen MR) is 101 cm³/mol. The van der Waals surface area contributed by atoms with Crippen LogP contribution in [0.15, 0.2) is 54.6 Å². The molecule has 0 saturated carbocycles. The van der Waals surface area contributed by atoms with E-state index in [4.69, 9.17) is 9.47 Å². The van der Waals surface area contributed by atoms with E-state index in [1.54, 1.807) is 19.1 Å². The number of halogens is 3. The summed E-state index contributed by atoms with van der Waals surface area (Å²) in [6.45, 7) is 1.58. The molecule has 9 heteroatoms. The monoisotopic (exact) mass is 420 g/mol. The van der Waals surface area contributed by atoms with Gasteiger partial charge in [-0.25, -0.2) is 9.97 Å². The molecule has 0 spiro atoms. The first-order valence-corrected chi connectivity index (χ1v) is 9.32. The highest BCUT2D eigenvalue weighted by Gasteiger charge is 2.46. The van der Waals surface area contributed by atoms with Crippen LogP contribution >= 0.6 is 0 Å². The van der Waals surface area contributed by atoms with Gasteiger partial charge in [-0.05, 0) is 25.1 Å². The van der Waals surface area contributed by atoms with E-state index in [1.165, 1.54) is 6.07 Å². The van der Waals surface area contributed by atoms with Gasteiger partial charge in [-0.1, -0.05) is 30.3 Å². The molecule has 0 unspecified atom stereocenters. The summed E-state index contributed by atoms with van der Waals surface area (Å²) in [7, 11) is 0. The van der Waals surface area contributed by atoms with Gasteiger partial charge < -0.3 is 19.7 Å². The second-order valence-electron chi connectivity index (χ2n) is 7.11. The van der Waals surface area contributed by atoms with Gasteiger partial charge >= 0.3 is 6.18 Å². The summed E-state index contributed by atoms with van der Waals surface area (Å²) in [6.07, 6.45) is -10.3. The summed E-state index contributed by atoms with van der Waals surface area (Å²) in [4.78, 5) is 8.02. The van der Waals surface area contributed by atoms with Crippen LogP contribution in [0.1, 0.15) is 24.4 Å². The van der Waals surface area contributed by atoms with Gasteiger partial charge in [0.1, 0.15) is 24.0 Å². The minimum Gasteiger partial charge on any atom is -0.468 e. The predicted octanol–water partition coefficient (Wildman–Crippen LogP) is 3.28. The van der Waals surface area contributed by atoms with Crippen molar-refractivity contribution in [3.63, 3.8) is 0 Å². The molecule has 2 N–H and O–H groups in total. The second-order valence-corrected chi connectivity index (χ2v) is 7.11. The van der Waals surface area contributed by atoms with Crippen LogP contribution in [-0.4, -0.2) is 44.6 Å². The molecule has 1 saturated heterocycles. The van der Waals surface area contributed by atoms with Crippen LogP contribution < -0.4 is 4.74 Å². The van der Waals surface area contributed by atoms with E-state index < -0.39 is 42.4 Å². The van der Waals surface area contributed by atoms with E-state index in [-0.39, 0.29) is 5.88 Å². The SMILES string of the molecule is C[C@H]1O[C@H](c2ccc3ccccc3n2)[C@H](Oc2cccc(C(F)(F)F)n2)[C@@H](O)[C@H]1O. The molecule has 0 aliphatic carbocycles. The number of nitrogens with zero attached hydrogens (tertiary/aromatic N) is 2. The van der Waals surface area contributed by atoms with Gasteiger partial charge in [0.05, 0.1) is 17.3 Å². The quantitative estimate of drug-likeness (QED) is 0.677. The lowest BCUT2D eigenvalue weighted by Gasteiger charge is -2.41. The zero-order valence-electron chi connectivity index (χ0n) is 15.8. The first-order valence-electron chi connectivity index (χ1n) is 9.32. The smallest absolute Gasteiger partial charge is 0.433 e. The van der Waals surface area contributed by atoms with Crippen molar-refractivity contribution in [3.05, 3.63) is 66.0 Å². The second kappa shape index (κ2) is 7.82. The molecule has 1 fully saturated rings. The van der Waals surface area contributed by atoms with Gasteiger partial charge in [0.15, 0.2) is 6.10 Å². The first kappa shape index (κ1) is 20.5. The molecule has 3 aromatic rings. The van der Waals surface area contributed by atoms with Crippen LogP contribution in [0.2, 0.25) is 0 Å². The molecule has 5 atom stereocenters. The number of hydrogen-bond acceptors (Lipinski definition) is 6. The molecule has 2 aromatic heterocycles. The molecule has 1 aliphatic rings. The summed E-state index contributed by atoms with van der Waals surface area (Å²) >= 11 is 0. The van der Waals surface area contributed by atoms with Crippen molar-refractivity contribution in [2.75, 3.05) is 0 Å². The van der Waals surface area contributed by atoms with Crippen molar-refractivity contribution in [3.8, 4) is 5.88 Å². The Labute approximate surface area is 169 Å². The van der Waals surface area contributed by atoms with Crippen LogP contribution in [0.3, 0.4) is 0 Å². The van der Waals surface area contributed by atoms with E-state index in [0.717, 1.165) is 17.5 Å². The fourth-order valence-corrected chi connectivity index (χ4v) is 3.43. The third-order valence-electron chi connectivity index (χ3n) is 5.01. The number of hydrogen-bond donors (Lipinski definition) is 2. The number of aromatic nitrogens is 2.